The first-order chi connectivity index (χ1) is 9.62. The molecule has 0 bridgehead atoms. The third-order valence-corrected chi connectivity index (χ3v) is 5.06. The summed E-state index contributed by atoms with van der Waals surface area (Å²) >= 11 is 0. The molecule has 0 spiro atoms. The quantitative estimate of drug-likeness (QED) is 0.917. The molecule has 0 aromatic heterocycles. The molecule has 3 nitrogen and oxygen atoms in total. The molecule has 0 unspecified atom stereocenters. The summed E-state index contributed by atoms with van der Waals surface area (Å²) in [7, 11) is 0. The van der Waals surface area contributed by atoms with Crippen LogP contribution in [0.4, 0.5) is 0 Å². The maximum absolute atomic E-state index is 12.5. The van der Waals surface area contributed by atoms with Crippen LogP contribution in [0.15, 0.2) is 30.3 Å². The normalized spacial score (nSPS) is 19.6. The van der Waals surface area contributed by atoms with E-state index in [1.807, 2.05) is 35.2 Å². The molecule has 1 atom stereocenters. The number of likely N-dealkylation sites (tertiary alicyclic amines) is 1. The molecule has 0 radical (unpaired) electrons. The fraction of sp³-hybridized carbons (Fsp3) is 0.588. The molecule has 3 heteroatoms. The number of carbonyl (C=O) groups excluding carboxylic acids is 1. The van der Waals surface area contributed by atoms with Gasteiger partial charge in [-0.2, -0.15) is 0 Å². The molecule has 1 aromatic rings. The Morgan fingerprint density at radius 3 is 2.25 bits per heavy atom. The molecule has 20 heavy (non-hydrogen) atoms. The van der Waals surface area contributed by atoms with Crippen molar-refractivity contribution in [2.24, 2.45) is 11.1 Å². The summed E-state index contributed by atoms with van der Waals surface area (Å²) in [5.41, 5.74) is 7.45. The third kappa shape index (κ3) is 3.04. The van der Waals surface area contributed by atoms with Crippen molar-refractivity contribution in [1.82, 2.24) is 4.90 Å². The van der Waals surface area contributed by atoms with Crippen LogP contribution >= 0.6 is 0 Å². The number of hydrogen-bond donors (Lipinski definition) is 1. The highest BCUT2D eigenvalue weighted by atomic mass is 16.2. The number of nitrogens with zero attached hydrogens (tertiary/aromatic N) is 1. The van der Waals surface area contributed by atoms with Crippen molar-refractivity contribution in [2.75, 3.05) is 13.1 Å². The van der Waals surface area contributed by atoms with Crippen molar-refractivity contribution in [3.63, 3.8) is 0 Å². The van der Waals surface area contributed by atoms with Crippen LogP contribution in [-0.4, -0.2) is 23.9 Å². The number of nitrogens with two attached hydrogens (primary N) is 1. The lowest BCUT2D eigenvalue weighted by Gasteiger charge is -2.41. The highest BCUT2D eigenvalue weighted by molar-refractivity contribution is 5.83. The van der Waals surface area contributed by atoms with Gasteiger partial charge in [-0.1, -0.05) is 57.0 Å². The minimum Gasteiger partial charge on any atom is -0.341 e. The summed E-state index contributed by atoms with van der Waals surface area (Å²) in [6.07, 6.45) is 4.62. The fourth-order valence-electron chi connectivity index (χ4n) is 3.16. The van der Waals surface area contributed by atoms with Gasteiger partial charge in [-0.05, 0) is 23.8 Å². The van der Waals surface area contributed by atoms with E-state index in [9.17, 15) is 4.79 Å². The standard InChI is InChI=1S/C17H26N2O/c1-3-17(4-2)10-12-19(13-11-17)16(20)15(18)14-8-6-5-7-9-14/h5-9,15H,3-4,10-13,18H2,1-2H3/t15-/m1/s1. The summed E-state index contributed by atoms with van der Waals surface area (Å²) in [4.78, 5) is 14.4. The fourth-order valence-corrected chi connectivity index (χ4v) is 3.16. The lowest BCUT2D eigenvalue weighted by molar-refractivity contribution is -0.135. The van der Waals surface area contributed by atoms with Gasteiger partial charge in [0.25, 0.3) is 0 Å². The van der Waals surface area contributed by atoms with Crippen LogP contribution in [0, 0.1) is 5.41 Å². The third-order valence-electron chi connectivity index (χ3n) is 5.06. The van der Waals surface area contributed by atoms with Crippen LogP contribution in [0.1, 0.15) is 51.1 Å². The predicted octanol–water partition coefficient (Wildman–Crippen LogP) is 3.12. The summed E-state index contributed by atoms with van der Waals surface area (Å²) in [6, 6.07) is 9.13. The predicted molar refractivity (Wildman–Crippen MR) is 82.2 cm³/mol. The van der Waals surface area contributed by atoms with Crippen LogP contribution in [0.5, 0.6) is 0 Å². The minimum atomic E-state index is -0.521. The van der Waals surface area contributed by atoms with Crippen molar-refractivity contribution in [2.45, 2.75) is 45.6 Å². The average Bonchev–Trinajstić information content (AvgIpc) is 2.54. The topological polar surface area (TPSA) is 46.3 Å². The van der Waals surface area contributed by atoms with Crippen LogP contribution in [0.3, 0.4) is 0 Å². The van der Waals surface area contributed by atoms with E-state index in [2.05, 4.69) is 13.8 Å². The van der Waals surface area contributed by atoms with Gasteiger partial charge in [0.2, 0.25) is 5.91 Å². The molecular formula is C17H26N2O. The Hall–Kier alpha value is -1.35. The number of carbonyl (C=O) groups is 1. The number of benzene rings is 1. The Kier molecular flexibility index (Phi) is 4.81. The zero-order chi connectivity index (χ0) is 14.6. The molecule has 2 N–H and O–H groups in total. The van der Waals surface area contributed by atoms with E-state index in [0.29, 0.717) is 5.41 Å². The highest BCUT2D eigenvalue weighted by Crippen LogP contribution is 2.38. The Balaban J connectivity index is 1.98. The molecule has 1 amide bonds. The van der Waals surface area contributed by atoms with Crippen molar-refractivity contribution in [3.8, 4) is 0 Å². The van der Waals surface area contributed by atoms with Gasteiger partial charge in [0.1, 0.15) is 6.04 Å². The number of rotatable bonds is 4. The van der Waals surface area contributed by atoms with Crippen molar-refractivity contribution >= 4 is 5.91 Å². The molecule has 0 saturated carbocycles. The van der Waals surface area contributed by atoms with E-state index in [0.717, 1.165) is 31.5 Å². The second-order valence-corrected chi connectivity index (χ2v) is 5.92. The molecule has 1 aliphatic rings. The lowest BCUT2D eigenvalue weighted by Crippen LogP contribution is -2.46. The first kappa shape index (κ1) is 15.0. The van der Waals surface area contributed by atoms with Gasteiger partial charge in [-0.15, -0.1) is 0 Å². The molecule has 1 heterocycles. The maximum atomic E-state index is 12.5. The summed E-state index contributed by atoms with van der Waals surface area (Å²) in [5.74, 6) is 0.0667. The van der Waals surface area contributed by atoms with Gasteiger partial charge in [-0.25, -0.2) is 0 Å². The van der Waals surface area contributed by atoms with E-state index in [4.69, 9.17) is 5.73 Å². The summed E-state index contributed by atoms with van der Waals surface area (Å²) < 4.78 is 0. The Bertz CT molecular complexity index is 430. The molecule has 1 saturated heterocycles. The van der Waals surface area contributed by atoms with Crippen molar-refractivity contribution in [1.29, 1.82) is 0 Å². The molecule has 1 aromatic carbocycles. The van der Waals surface area contributed by atoms with Gasteiger partial charge in [0, 0.05) is 13.1 Å². The van der Waals surface area contributed by atoms with Crippen LogP contribution < -0.4 is 5.73 Å². The molecular weight excluding hydrogens is 248 g/mol. The number of hydrogen-bond acceptors (Lipinski definition) is 2. The van der Waals surface area contributed by atoms with E-state index >= 15 is 0 Å². The second-order valence-electron chi connectivity index (χ2n) is 5.92. The lowest BCUT2D eigenvalue weighted by atomic mass is 9.74. The monoisotopic (exact) mass is 274 g/mol. The SMILES string of the molecule is CCC1(CC)CCN(C(=O)[C@H](N)c2ccccc2)CC1. The van der Waals surface area contributed by atoms with Gasteiger partial charge in [0.15, 0.2) is 0 Å². The largest absolute Gasteiger partial charge is 0.341 e. The minimum absolute atomic E-state index is 0.0667. The number of piperidine rings is 1. The van der Waals surface area contributed by atoms with E-state index < -0.39 is 6.04 Å². The van der Waals surface area contributed by atoms with Crippen molar-refractivity contribution < 1.29 is 4.79 Å². The van der Waals surface area contributed by atoms with Gasteiger partial charge < -0.3 is 10.6 Å². The molecule has 1 aliphatic heterocycles. The van der Waals surface area contributed by atoms with Crippen LogP contribution in [0.25, 0.3) is 0 Å². The molecule has 1 fully saturated rings. The molecule has 0 aliphatic carbocycles. The van der Waals surface area contributed by atoms with Gasteiger partial charge >= 0.3 is 0 Å². The van der Waals surface area contributed by atoms with E-state index in [1.54, 1.807) is 0 Å². The molecule has 110 valence electrons. The van der Waals surface area contributed by atoms with Crippen molar-refractivity contribution in [3.05, 3.63) is 35.9 Å². The Morgan fingerprint density at radius 1 is 1.20 bits per heavy atom. The maximum Gasteiger partial charge on any atom is 0.244 e. The van der Waals surface area contributed by atoms with Crippen LogP contribution in [0.2, 0.25) is 0 Å². The molecule has 2 rings (SSSR count). The summed E-state index contributed by atoms with van der Waals surface area (Å²) in [6.45, 7) is 6.22. The van der Waals surface area contributed by atoms with Crippen LogP contribution in [-0.2, 0) is 4.79 Å². The summed E-state index contributed by atoms with van der Waals surface area (Å²) in [5, 5.41) is 0. The van der Waals surface area contributed by atoms with E-state index in [1.165, 1.54) is 12.8 Å². The second kappa shape index (κ2) is 6.40. The first-order valence-corrected chi connectivity index (χ1v) is 7.71. The van der Waals surface area contributed by atoms with Gasteiger partial charge in [0.05, 0.1) is 0 Å². The highest BCUT2D eigenvalue weighted by Gasteiger charge is 2.34. The zero-order valence-electron chi connectivity index (χ0n) is 12.6. The average molecular weight is 274 g/mol. The van der Waals surface area contributed by atoms with E-state index in [-0.39, 0.29) is 5.91 Å². The smallest absolute Gasteiger partial charge is 0.244 e. The first-order valence-electron chi connectivity index (χ1n) is 7.71. The zero-order valence-corrected chi connectivity index (χ0v) is 12.6. The Labute approximate surface area is 122 Å². The Morgan fingerprint density at radius 2 is 1.75 bits per heavy atom. The van der Waals surface area contributed by atoms with Gasteiger partial charge in [-0.3, -0.25) is 4.79 Å². The number of amides is 1.